The average Bonchev–Trinajstić information content (AvgIpc) is 3.01. The molecule has 1 atom stereocenters. The molecule has 2 aliphatic rings. The third-order valence-corrected chi connectivity index (χ3v) is 3.99. The molecule has 0 radical (unpaired) electrons. The van der Waals surface area contributed by atoms with E-state index in [0.717, 1.165) is 31.4 Å². The van der Waals surface area contributed by atoms with Crippen molar-refractivity contribution in [2.24, 2.45) is 0 Å². The summed E-state index contributed by atoms with van der Waals surface area (Å²) in [6, 6.07) is 9.33. The summed E-state index contributed by atoms with van der Waals surface area (Å²) >= 11 is 0. The van der Waals surface area contributed by atoms with Gasteiger partial charge >= 0.3 is 0 Å². The van der Waals surface area contributed by atoms with Gasteiger partial charge in [0.1, 0.15) is 6.04 Å². The lowest BCUT2D eigenvalue weighted by Gasteiger charge is -2.22. The summed E-state index contributed by atoms with van der Waals surface area (Å²) < 4.78 is 0. The number of para-hydroxylation sites is 1. The Kier molecular flexibility index (Phi) is 3.23. The van der Waals surface area contributed by atoms with Gasteiger partial charge < -0.3 is 5.32 Å². The highest BCUT2D eigenvalue weighted by atomic mass is 16.2. The predicted octanol–water partition coefficient (Wildman–Crippen LogP) is 2.17. The van der Waals surface area contributed by atoms with Gasteiger partial charge in [0.25, 0.3) is 5.91 Å². The molecule has 0 bridgehead atoms. The van der Waals surface area contributed by atoms with Gasteiger partial charge in [0.05, 0.1) is 6.42 Å². The van der Waals surface area contributed by atoms with Gasteiger partial charge in [-0.1, -0.05) is 31.0 Å². The number of hydrogen-bond acceptors (Lipinski definition) is 3. The molecule has 100 valence electrons. The second-order valence-electron chi connectivity index (χ2n) is 5.31. The van der Waals surface area contributed by atoms with Crippen molar-refractivity contribution < 1.29 is 9.59 Å². The van der Waals surface area contributed by atoms with E-state index < -0.39 is 6.04 Å². The van der Waals surface area contributed by atoms with Gasteiger partial charge in [0.15, 0.2) is 0 Å². The van der Waals surface area contributed by atoms with Crippen LogP contribution in [0.3, 0.4) is 0 Å². The monoisotopic (exact) mass is 258 g/mol. The van der Waals surface area contributed by atoms with Crippen molar-refractivity contribution >= 4 is 17.5 Å². The summed E-state index contributed by atoms with van der Waals surface area (Å²) in [6.07, 6.45) is 4.46. The largest absolute Gasteiger partial charge is 0.373 e. The number of amides is 2. The molecule has 2 fully saturated rings. The van der Waals surface area contributed by atoms with Crippen LogP contribution in [0.1, 0.15) is 32.1 Å². The Hall–Kier alpha value is -1.84. The Labute approximate surface area is 112 Å². The summed E-state index contributed by atoms with van der Waals surface area (Å²) in [7, 11) is 0. The molecule has 1 aromatic rings. The molecule has 1 saturated carbocycles. The first-order valence-corrected chi connectivity index (χ1v) is 6.93. The second-order valence-corrected chi connectivity index (χ2v) is 5.31. The Bertz CT molecular complexity index is 480. The molecule has 19 heavy (non-hydrogen) atoms. The molecule has 0 aromatic heterocycles. The van der Waals surface area contributed by atoms with Crippen molar-refractivity contribution in [3.05, 3.63) is 30.3 Å². The van der Waals surface area contributed by atoms with Gasteiger partial charge in [0.2, 0.25) is 5.91 Å². The van der Waals surface area contributed by atoms with Crippen LogP contribution in [-0.2, 0) is 9.59 Å². The number of hydrogen-bond donors (Lipinski definition) is 1. The molecular formula is C15H18N2O2. The zero-order valence-corrected chi connectivity index (χ0v) is 10.8. The lowest BCUT2D eigenvalue weighted by molar-refractivity contribution is -0.141. The van der Waals surface area contributed by atoms with Gasteiger partial charge in [-0.25, -0.2) is 0 Å². The van der Waals surface area contributed by atoms with Gasteiger partial charge in [-0.15, -0.1) is 0 Å². The van der Waals surface area contributed by atoms with E-state index in [0.29, 0.717) is 0 Å². The number of imide groups is 1. The van der Waals surface area contributed by atoms with Crippen LogP contribution in [0.5, 0.6) is 0 Å². The normalized spacial score (nSPS) is 24.2. The van der Waals surface area contributed by atoms with Crippen molar-refractivity contribution in [3.8, 4) is 0 Å². The number of likely N-dealkylation sites (tertiary alicyclic amines) is 1. The molecule has 4 heteroatoms. The highest BCUT2D eigenvalue weighted by Gasteiger charge is 2.42. The van der Waals surface area contributed by atoms with Crippen LogP contribution in [0.15, 0.2) is 30.3 Å². The number of benzene rings is 1. The van der Waals surface area contributed by atoms with E-state index >= 15 is 0 Å². The minimum absolute atomic E-state index is 0.0228. The van der Waals surface area contributed by atoms with Gasteiger partial charge in [-0.05, 0) is 25.0 Å². The Morgan fingerprint density at radius 2 is 1.74 bits per heavy atom. The van der Waals surface area contributed by atoms with E-state index in [2.05, 4.69) is 5.32 Å². The molecule has 1 aliphatic carbocycles. The first-order chi connectivity index (χ1) is 9.25. The van der Waals surface area contributed by atoms with Gasteiger partial charge in [-0.3, -0.25) is 14.5 Å². The maximum atomic E-state index is 12.3. The molecular weight excluding hydrogens is 240 g/mol. The molecule has 1 aliphatic heterocycles. The van der Waals surface area contributed by atoms with E-state index in [4.69, 9.17) is 0 Å². The van der Waals surface area contributed by atoms with Crippen molar-refractivity contribution in [2.45, 2.75) is 44.2 Å². The van der Waals surface area contributed by atoms with E-state index in [1.165, 1.54) is 4.90 Å². The SMILES string of the molecule is O=C1CC(Nc2ccccc2)C(=O)N1C1CCCC1. The highest BCUT2D eigenvalue weighted by molar-refractivity contribution is 6.07. The van der Waals surface area contributed by atoms with Crippen molar-refractivity contribution in [3.63, 3.8) is 0 Å². The number of carbonyl (C=O) groups is 2. The smallest absolute Gasteiger partial charge is 0.252 e. The lowest BCUT2D eigenvalue weighted by atomic mass is 10.2. The van der Waals surface area contributed by atoms with E-state index in [1.54, 1.807) is 0 Å². The fourth-order valence-corrected chi connectivity index (χ4v) is 3.05. The maximum Gasteiger partial charge on any atom is 0.252 e. The average molecular weight is 258 g/mol. The summed E-state index contributed by atoms with van der Waals surface area (Å²) in [6.45, 7) is 0. The number of anilines is 1. The summed E-state index contributed by atoms with van der Waals surface area (Å²) in [5.74, 6) is -0.0777. The van der Waals surface area contributed by atoms with E-state index in [1.807, 2.05) is 30.3 Å². The van der Waals surface area contributed by atoms with Crippen LogP contribution in [-0.4, -0.2) is 28.8 Å². The fraction of sp³-hybridized carbons (Fsp3) is 0.467. The van der Waals surface area contributed by atoms with Crippen LogP contribution in [0.4, 0.5) is 5.69 Å². The topological polar surface area (TPSA) is 49.4 Å². The Morgan fingerprint density at radius 1 is 1.05 bits per heavy atom. The quantitative estimate of drug-likeness (QED) is 0.845. The standard InChI is InChI=1S/C15H18N2O2/c18-14-10-13(16-11-6-2-1-3-7-11)15(19)17(14)12-8-4-5-9-12/h1-3,6-7,12-13,16H,4-5,8-10H2. The minimum Gasteiger partial charge on any atom is -0.373 e. The highest BCUT2D eigenvalue weighted by Crippen LogP contribution is 2.29. The number of nitrogens with one attached hydrogen (secondary N) is 1. The van der Waals surface area contributed by atoms with Crippen molar-refractivity contribution in [2.75, 3.05) is 5.32 Å². The molecule has 1 aromatic carbocycles. The Morgan fingerprint density at radius 3 is 2.42 bits per heavy atom. The molecule has 1 unspecified atom stereocenters. The minimum atomic E-state index is -0.393. The van der Waals surface area contributed by atoms with Crippen LogP contribution in [0.25, 0.3) is 0 Å². The summed E-state index contributed by atoms with van der Waals surface area (Å²) in [4.78, 5) is 25.9. The zero-order chi connectivity index (χ0) is 13.2. The molecule has 3 rings (SSSR count). The molecule has 1 N–H and O–H groups in total. The zero-order valence-electron chi connectivity index (χ0n) is 10.8. The van der Waals surface area contributed by atoms with Gasteiger partial charge in [-0.2, -0.15) is 0 Å². The first-order valence-electron chi connectivity index (χ1n) is 6.93. The van der Waals surface area contributed by atoms with Crippen LogP contribution >= 0.6 is 0 Å². The first kappa shape index (κ1) is 12.2. The van der Waals surface area contributed by atoms with E-state index in [9.17, 15) is 9.59 Å². The Balaban J connectivity index is 1.71. The van der Waals surface area contributed by atoms with Crippen molar-refractivity contribution in [1.82, 2.24) is 4.90 Å². The third-order valence-electron chi connectivity index (χ3n) is 3.99. The van der Waals surface area contributed by atoms with Crippen LogP contribution in [0, 0.1) is 0 Å². The second kappa shape index (κ2) is 5.03. The molecule has 2 amide bonds. The van der Waals surface area contributed by atoms with Gasteiger partial charge in [0, 0.05) is 11.7 Å². The number of carbonyl (C=O) groups excluding carboxylic acids is 2. The summed E-state index contributed by atoms with van der Waals surface area (Å²) in [5.41, 5.74) is 0.891. The fourth-order valence-electron chi connectivity index (χ4n) is 3.05. The summed E-state index contributed by atoms with van der Waals surface area (Å²) in [5, 5.41) is 3.16. The van der Waals surface area contributed by atoms with E-state index in [-0.39, 0.29) is 24.3 Å². The van der Waals surface area contributed by atoms with Crippen LogP contribution < -0.4 is 5.32 Å². The molecule has 1 saturated heterocycles. The molecule has 4 nitrogen and oxygen atoms in total. The number of nitrogens with zero attached hydrogens (tertiary/aromatic N) is 1. The molecule has 1 heterocycles. The predicted molar refractivity (Wildman–Crippen MR) is 72.6 cm³/mol. The van der Waals surface area contributed by atoms with Crippen LogP contribution in [0.2, 0.25) is 0 Å². The third kappa shape index (κ3) is 2.35. The van der Waals surface area contributed by atoms with Crippen molar-refractivity contribution in [1.29, 1.82) is 0 Å². The number of rotatable bonds is 3. The molecule has 0 spiro atoms. The maximum absolute atomic E-state index is 12.3. The lowest BCUT2D eigenvalue weighted by Crippen LogP contribution is -2.40.